The van der Waals surface area contributed by atoms with E-state index in [1.165, 1.54) is 28.0 Å². The molecule has 0 heterocycles. The van der Waals surface area contributed by atoms with E-state index in [1.54, 1.807) is 32.3 Å². The molecule has 3 N–H and O–H groups in total. The minimum atomic E-state index is -0.901. The number of carbonyl (C=O) groups excluding carboxylic acids is 3. The third kappa shape index (κ3) is 9.76. The second-order valence-electron chi connectivity index (χ2n) is 13.4. The summed E-state index contributed by atoms with van der Waals surface area (Å²) < 4.78 is 13.8. The molecule has 1 aliphatic rings. The molecule has 1 aliphatic carbocycles. The topological polar surface area (TPSA) is 95.7 Å². The molecular weight excluding hydrogens is 627 g/mol. The van der Waals surface area contributed by atoms with Gasteiger partial charge in [-0.25, -0.2) is 4.39 Å². The van der Waals surface area contributed by atoms with Gasteiger partial charge in [-0.1, -0.05) is 103 Å². The number of amides is 3. The molecule has 0 saturated heterocycles. The van der Waals surface area contributed by atoms with Crippen molar-refractivity contribution in [3.05, 3.63) is 144 Å². The number of carbonyl (C=O) groups is 3. The van der Waals surface area contributed by atoms with Crippen LogP contribution in [0.4, 0.5) is 4.39 Å². The largest absolute Gasteiger partial charge is 0.354 e. The zero-order valence-corrected chi connectivity index (χ0v) is 28.9. The monoisotopic (exact) mass is 674 g/mol. The van der Waals surface area contributed by atoms with Crippen molar-refractivity contribution in [1.29, 1.82) is 0 Å². The van der Waals surface area contributed by atoms with Gasteiger partial charge in [0.25, 0.3) is 0 Å². The quantitative estimate of drug-likeness (QED) is 0.149. The molecule has 0 aromatic heterocycles. The predicted octanol–water partition coefficient (Wildman–Crippen LogP) is 6.12. The summed E-state index contributed by atoms with van der Waals surface area (Å²) in [6.45, 7) is 0.383. The molecule has 3 amide bonds. The average molecular weight is 675 g/mol. The standard InChI is InChI=1S/C42H47FN4O3/c1-46(39(48)15-9-25-42(44)26-10-27-42)38(30-32-16-20-35(21-17-32)34-13-7-4-8-14-34)41(50)47(2)37(29-33-18-22-36(43)23-19-33)40(49)45-28-24-31-11-5-3-6-12-31/h3-9,11-23,37-38H,10,24-30,44H2,1-2H3,(H,45,49)/b15-9+/t37-,38-/m1/s1. The Morgan fingerprint density at radius 3 is 1.92 bits per heavy atom. The maximum Gasteiger partial charge on any atom is 0.246 e. The summed E-state index contributed by atoms with van der Waals surface area (Å²) >= 11 is 0. The smallest absolute Gasteiger partial charge is 0.246 e. The molecule has 7 nitrogen and oxygen atoms in total. The van der Waals surface area contributed by atoms with Crippen molar-refractivity contribution in [2.45, 2.75) is 62.6 Å². The first-order chi connectivity index (χ1) is 24.1. The molecule has 0 aliphatic heterocycles. The molecule has 4 aromatic carbocycles. The number of benzene rings is 4. The molecule has 50 heavy (non-hydrogen) atoms. The van der Waals surface area contributed by atoms with Crippen LogP contribution in [0.15, 0.2) is 121 Å². The van der Waals surface area contributed by atoms with Crippen molar-refractivity contribution in [2.75, 3.05) is 20.6 Å². The van der Waals surface area contributed by atoms with E-state index in [0.29, 0.717) is 24.9 Å². The molecule has 0 bridgehead atoms. The maximum absolute atomic E-state index is 14.5. The summed E-state index contributed by atoms with van der Waals surface area (Å²) in [5.41, 5.74) is 10.9. The van der Waals surface area contributed by atoms with E-state index in [9.17, 15) is 18.8 Å². The Kier molecular flexibility index (Phi) is 12.3. The van der Waals surface area contributed by atoms with Gasteiger partial charge in [0.05, 0.1) is 0 Å². The lowest BCUT2D eigenvalue weighted by Crippen LogP contribution is -2.56. The summed E-state index contributed by atoms with van der Waals surface area (Å²) in [4.78, 5) is 44.7. The summed E-state index contributed by atoms with van der Waals surface area (Å²) in [7, 11) is 3.22. The fourth-order valence-electron chi connectivity index (χ4n) is 6.31. The van der Waals surface area contributed by atoms with Crippen LogP contribution in [-0.2, 0) is 33.6 Å². The third-order valence-corrected chi connectivity index (χ3v) is 9.74. The molecule has 4 aromatic rings. The number of hydrogen-bond acceptors (Lipinski definition) is 4. The van der Waals surface area contributed by atoms with E-state index in [2.05, 4.69) is 5.32 Å². The van der Waals surface area contributed by atoms with Gasteiger partial charge in [0.1, 0.15) is 17.9 Å². The molecule has 2 atom stereocenters. The Balaban J connectivity index is 1.38. The summed E-state index contributed by atoms with van der Waals surface area (Å²) in [5, 5.41) is 3.00. The second kappa shape index (κ2) is 17.0. The number of nitrogens with zero attached hydrogens (tertiary/aromatic N) is 2. The van der Waals surface area contributed by atoms with Crippen molar-refractivity contribution in [3.63, 3.8) is 0 Å². The fraction of sp³-hybridized carbons (Fsp3) is 0.310. The highest BCUT2D eigenvalue weighted by Crippen LogP contribution is 2.32. The van der Waals surface area contributed by atoms with Gasteiger partial charge in [-0.2, -0.15) is 0 Å². The molecular formula is C42H47FN4O3. The number of halogens is 1. The Morgan fingerprint density at radius 1 is 0.760 bits per heavy atom. The highest BCUT2D eigenvalue weighted by Gasteiger charge is 2.35. The lowest BCUT2D eigenvalue weighted by Gasteiger charge is -2.37. The third-order valence-electron chi connectivity index (χ3n) is 9.74. The highest BCUT2D eigenvalue weighted by molar-refractivity contribution is 5.95. The molecule has 0 unspecified atom stereocenters. The van der Waals surface area contributed by atoms with Crippen molar-refractivity contribution in [2.24, 2.45) is 5.73 Å². The van der Waals surface area contributed by atoms with Gasteiger partial charge in [-0.05, 0) is 78.1 Å². The molecule has 260 valence electrons. The van der Waals surface area contributed by atoms with Crippen LogP contribution in [-0.4, -0.2) is 65.8 Å². The number of hydrogen-bond donors (Lipinski definition) is 2. The number of nitrogens with two attached hydrogens (primary N) is 1. The Bertz CT molecular complexity index is 1740. The second-order valence-corrected chi connectivity index (χ2v) is 13.4. The summed E-state index contributed by atoms with van der Waals surface area (Å²) in [6.07, 6.45) is 7.88. The minimum absolute atomic E-state index is 0.175. The lowest BCUT2D eigenvalue weighted by atomic mass is 9.75. The van der Waals surface area contributed by atoms with Gasteiger partial charge in [-0.15, -0.1) is 0 Å². The van der Waals surface area contributed by atoms with Crippen LogP contribution in [0.2, 0.25) is 0 Å². The van der Waals surface area contributed by atoms with Crippen molar-refractivity contribution >= 4 is 17.7 Å². The van der Waals surface area contributed by atoms with Crippen LogP contribution in [0, 0.1) is 5.82 Å². The van der Waals surface area contributed by atoms with Crippen molar-refractivity contribution in [3.8, 4) is 11.1 Å². The first-order valence-electron chi connectivity index (χ1n) is 17.3. The lowest BCUT2D eigenvalue weighted by molar-refractivity contribution is -0.146. The fourth-order valence-corrected chi connectivity index (χ4v) is 6.31. The van der Waals surface area contributed by atoms with Gasteiger partial charge in [-0.3, -0.25) is 14.4 Å². The summed E-state index contributed by atoms with van der Waals surface area (Å²) in [6, 6.07) is 31.9. The van der Waals surface area contributed by atoms with Gasteiger partial charge in [0.2, 0.25) is 17.7 Å². The molecule has 0 radical (unpaired) electrons. The molecule has 1 fully saturated rings. The van der Waals surface area contributed by atoms with Crippen molar-refractivity contribution < 1.29 is 18.8 Å². The normalized spacial score (nSPS) is 14.7. The van der Waals surface area contributed by atoms with Gasteiger partial charge < -0.3 is 20.9 Å². The Hall–Kier alpha value is -5.08. The van der Waals surface area contributed by atoms with E-state index in [1.807, 2.05) is 84.9 Å². The van der Waals surface area contributed by atoms with Crippen molar-refractivity contribution in [1.82, 2.24) is 15.1 Å². The predicted molar refractivity (Wildman–Crippen MR) is 196 cm³/mol. The summed E-state index contributed by atoms with van der Waals surface area (Å²) in [5.74, 6) is -1.40. The van der Waals surface area contributed by atoms with E-state index >= 15 is 0 Å². The molecule has 5 rings (SSSR count). The maximum atomic E-state index is 14.5. The van der Waals surface area contributed by atoms with Crippen LogP contribution < -0.4 is 11.1 Å². The first-order valence-corrected chi connectivity index (χ1v) is 17.3. The van der Waals surface area contributed by atoms with E-state index in [4.69, 9.17) is 5.73 Å². The van der Waals surface area contributed by atoms with Crippen LogP contribution in [0.3, 0.4) is 0 Å². The van der Waals surface area contributed by atoms with Crippen LogP contribution in [0.1, 0.15) is 42.4 Å². The molecule has 0 spiro atoms. The minimum Gasteiger partial charge on any atom is -0.354 e. The van der Waals surface area contributed by atoms with Gasteiger partial charge >= 0.3 is 0 Å². The molecule has 1 saturated carbocycles. The Morgan fingerprint density at radius 2 is 1.32 bits per heavy atom. The van der Waals surface area contributed by atoms with Crippen LogP contribution in [0.5, 0.6) is 0 Å². The zero-order valence-electron chi connectivity index (χ0n) is 28.9. The zero-order chi connectivity index (χ0) is 35.5. The highest BCUT2D eigenvalue weighted by atomic mass is 19.1. The number of likely N-dealkylation sites (N-methyl/N-ethyl adjacent to an activating group) is 2. The first kappa shape index (κ1) is 36.2. The van der Waals surface area contributed by atoms with E-state index < -0.39 is 12.1 Å². The molecule has 8 heteroatoms. The number of nitrogens with one attached hydrogen (secondary N) is 1. The van der Waals surface area contributed by atoms with Crippen LogP contribution in [0.25, 0.3) is 11.1 Å². The van der Waals surface area contributed by atoms with Gasteiger partial charge in [0, 0.05) is 39.0 Å². The van der Waals surface area contributed by atoms with E-state index in [-0.39, 0.29) is 41.9 Å². The van der Waals surface area contributed by atoms with Crippen LogP contribution >= 0.6 is 0 Å². The Labute approximate surface area is 295 Å². The van der Waals surface area contributed by atoms with Gasteiger partial charge in [0.15, 0.2) is 0 Å². The van der Waals surface area contributed by atoms with E-state index in [0.717, 1.165) is 41.5 Å². The number of rotatable bonds is 15. The SMILES string of the molecule is CN(C(=O)/C=C/CC1(N)CCC1)[C@H](Cc1ccc(-c2ccccc2)cc1)C(=O)N(C)[C@H](Cc1ccc(F)cc1)C(=O)NCCc1ccccc1. The average Bonchev–Trinajstić information content (AvgIpc) is 3.13.